The van der Waals surface area contributed by atoms with Crippen LogP contribution in [0.25, 0.3) is 0 Å². The Hall–Kier alpha value is -1.15. The highest BCUT2D eigenvalue weighted by molar-refractivity contribution is 6.97. The van der Waals surface area contributed by atoms with Crippen molar-refractivity contribution in [1.29, 1.82) is 0 Å². The van der Waals surface area contributed by atoms with Gasteiger partial charge in [-0.15, -0.1) is 0 Å². The first-order chi connectivity index (χ1) is 9.39. The standard InChI is InChI=1S/C18H26OSi/c1-18(2,3)16-11-8-14-20(4,17(16)12-13-19)15-9-6-5-7-10-15/h5-7,9-10,12-13,16H,8,11,14H2,1-4H3/b17-12-/t16-,20+/m1/s1. The maximum atomic E-state index is 11.2. The van der Waals surface area contributed by atoms with Crippen molar-refractivity contribution in [3.05, 3.63) is 41.6 Å². The van der Waals surface area contributed by atoms with E-state index in [2.05, 4.69) is 57.7 Å². The molecule has 1 aliphatic rings. The second kappa shape index (κ2) is 5.69. The third kappa shape index (κ3) is 2.80. The molecule has 108 valence electrons. The van der Waals surface area contributed by atoms with Crippen molar-refractivity contribution in [3.8, 4) is 0 Å². The molecule has 1 aliphatic heterocycles. The highest BCUT2D eigenvalue weighted by Crippen LogP contribution is 2.45. The van der Waals surface area contributed by atoms with Crippen molar-refractivity contribution in [1.82, 2.24) is 0 Å². The Morgan fingerprint density at radius 1 is 1.20 bits per heavy atom. The molecule has 2 atom stereocenters. The number of carbonyl (C=O) groups is 1. The number of hydrogen-bond donors (Lipinski definition) is 0. The summed E-state index contributed by atoms with van der Waals surface area (Å²) in [6.45, 7) is 9.36. The van der Waals surface area contributed by atoms with Crippen molar-refractivity contribution in [2.24, 2.45) is 11.3 Å². The van der Waals surface area contributed by atoms with Crippen molar-refractivity contribution in [2.75, 3.05) is 0 Å². The van der Waals surface area contributed by atoms with E-state index in [1.54, 1.807) is 0 Å². The fourth-order valence-electron chi connectivity index (χ4n) is 3.73. The SMILES string of the molecule is CC(C)(C)[C@@H]1CCC[Si@@](C)(c2ccccc2)/C1=C\C=O. The summed E-state index contributed by atoms with van der Waals surface area (Å²) in [4.78, 5) is 11.2. The minimum atomic E-state index is -1.71. The molecule has 1 aromatic rings. The molecule has 1 aromatic carbocycles. The molecular formula is C18H26OSi. The molecule has 0 aliphatic carbocycles. The summed E-state index contributed by atoms with van der Waals surface area (Å²) in [5.41, 5.74) is 0.234. The first-order valence-corrected chi connectivity index (χ1v) is 10.3. The Kier molecular flexibility index (Phi) is 4.33. The molecule has 0 N–H and O–H groups in total. The maximum absolute atomic E-state index is 11.2. The quantitative estimate of drug-likeness (QED) is 0.454. The molecule has 0 saturated carbocycles. The van der Waals surface area contributed by atoms with E-state index in [0.29, 0.717) is 5.92 Å². The number of hydrogen-bond acceptors (Lipinski definition) is 1. The van der Waals surface area contributed by atoms with E-state index < -0.39 is 8.07 Å². The van der Waals surface area contributed by atoms with Gasteiger partial charge in [-0.2, -0.15) is 0 Å². The number of aldehydes is 1. The van der Waals surface area contributed by atoms with E-state index in [1.165, 1.54) is 29.3 Å². The highest BCUT2D eigenvalue weighted by atomic mass is 28.3. The molecular weight excluding hydrogens is 260 g/mol. The van der Waals surface area contributed by atoms with E-state index in [-0.39, 0.29) is 5.41 Å². The number of allylic oxidation sites excluding steroid dienone is 2. The summed E-state index contributed by atoms with van der Waals surface area (Å²) < 4.78 is 0. The summed E-state index contributed by atoms with van der Waals surface area (Å²) in [6.07, 6.45) is 5.41. The normalized spacial score (nSPS) is 29.4. The third-order valence-corrected chi connectivity index (χ3v) is 9.64. The van der Waals surface area contributed by atoms with Crippen molar-refractivity contribution >= 4 is 19.5 Å². The Balaban J connectivity index is 2.51. The Morgan fingerprint density at radius 3 is 2.40 bits per heavy atom. The fraction of sp³-hybridized carbons (Fsp3) is 0.500. The van der Waals surface area contributed by atoms with Crippen LogP contribution in [0.5, 0.6) is 0 Å². The molecule has 0 unspecified atom stereocenters. The molecule has 0 amide bonds. The lowest BCUT2D eigenvalue weighted by Gasteiger charge is -2.45. The van der Waals surface area contributed by atoms with Gasteiger partial charge in [-0.3, -0.25) is 4.79 Å². The molecule has 2 heteroatoms. The van der Waals surface area contributed by atoms with E-state index >= 15 is 0 Å². The zero-order valence-electron chi connectivity index (χ0n) is 13.1. The van der Waals surface area contributed by atoms with Crippen LogP contribution in [0, 0.1) is 11.3 Å². The Labute approximate surface area is 124 Å². The van der Waals surface area contributed by atoms with E-state index in [0.717, 1.165) is 6.29 Å². The molecule has 1 saturated heterocycles. The number of rotatable bonds is 2. The van der Waals surface area contributed by atoms with Gasteiger partial charge in [0.25, 0.3) is 0 Å². The van der Waals surface area contributed by atoms with Crippen LogP contribution < -0.4 is 5.19 Å². The van der Waals surface area contributed by atoms with Crippen molar-refractivity contribution < 1.29 is 4.79 Å². The van der Waals surface area contributed by atoms with Gasteiger partial charge >= 0.3 is 0 Å². The molecule has 2 rings (SSSR count). The number of carbonyl (C=O) groups excluding carboxylic acids is 1. The molecule has 1 nitrogen and oxygen atoms in total. The summed E-state index contributed by atoms with van der Waals surface area (Å²) in [5, 5.41) is 2.93. The second-order valence-corrected chi connectivity index (χ2v) is 11.6. The van der Waals surface area contributed by atoms with Crippen LogP contribution in [-0.4, -0.2) is 14.4 Å². The van der Waals surface area contributed by atoms with Crippen LogP contribution in [0.2, 0.25) is 12.6 Å². The van der Waals surface area contributed by atoms with Gasteiger partial charge in [-0.25, -0.2) is 0 Å². The topological polar surface area (TPSA) is 17.1 Å². The van der Waals surface area contributed by atoms with Gasteiger partial charge in [-0.05, 0) is 29.9 Å². The van der Waals surface area contributed by atoms with Crippen LogP contribution in [-0.2, 0) is 4.79 Å². The summed E-state index contributed by atoms with van der Waals surface area (Å²) in [7, 11) is -1.71. The van der Waals surface area contributed by atoms with Gasteiger partial charge in [0, 0.05) is 0 Å². The molecule has 1 fully saturated rings. The van der Waals surface area contributed by atoms with Crippen LogP contribution in [0.1, 0.15) is 33.6 Å². The van der Waals surface area contributed by atoms with Gasteiger partial charge in [-0.1, -0.05) is 74.5 Å². The maximum Gasteiger partial charge on any atom is 0.142 e. The molecule has 0 bridgehead atoms. The lowest BCUT2D eigenvalue weighted by molar-refractivity contribution is -0.104. The summed E-state index contributed by atoms with van der Waals surface area (Å²) in [5.74, 6) is 0.540. The average molecular weight is 286 g/mol. The minimum absolute atomic E-state index is 0.234. The van der Waals surface area contributed by atoms with Crippen LogP contribution in [0.3, 0.4) is 0 Å². The summed E-state index contributed by atoms with van der Waals surface area (Å²) in [6, 6.07) is 12.1. The molecule has 0 aromatic heterocycles. The minimum Gasteiger partial charge on any atom is -0.299 e. The second-order valence-electron chi connectivity index (χ2n) is 7.27. The molecule has 20 heavy (non-hydrogen) atoms. The van der Waals surface area contributed by atoms with E-state index in [4.69, 9.17) is 0 Å². The van der Waals surface area contributed by atoms with Gasteiger partial charge < -0.3 is 0 Å². The summed E-state index contributed by atoms with van der Waals surface area (Å²) >= 11 is 0. The van der Waals surface area contributed by atoms with Gasteiger partial charge in [0.1, 0.15) is 14.4 Å². The van der Waals surface area contributed by atoms with Gasteiger partial charge in [0.2, 0.25) is 0 Å². The number of benzene rings is 1. The van der Waals surface area contributed by atoms with Crippen LogP contribution in [0.4, 0.5) is 0 Å². The average Bonchev–Trinajstić information content (AvgIpc) is 2.41. The Morgan fingerprint density at radius 2 is 1.85 bits per heavy atom. The van der Waals surface area contributed by atoms with Gasteiger partial charge in [0.05, 0.1) is 0 Å². The largest absolute Gasteiger partial charge is 0.299 e. The molecule has 1 heterocycles. The Bertz CT molecular complexity index is 498. The smallest absolute Gasteiger partial charge is 0.142 e. The van der Waals surface area contributed by atoms with Gasteiger partial charge in [0.15, 0.2) is 0 Å². The highest BCUT2D eigenvalue weighted by Gasteiger charge is 2.43. The van der Waals surface area contributed by atoms with Crippen LogP contribution in [0.15, 0.2) is 41.6 Å². The first kappa shape index (κ1) is 15.2. The van der Waals surface area contributed by atoms with Crippen LogP contribution >= 0.6 is 0 Å². The lowest BCUT2D eigenvalue weighted by Crippen LogP contribution is -2.53. The lowest BCUT2D eigenvalue weighted by atomic mass is 9.77. The zero-order chi connectivity index (χ0) is 14.8. The fourth-order valence-corrected chi connectivity index (χ4v) is 8.27. The van der Waals surface area contributed by atoms with E-state index in [9.17, 15) is 4.79 Å². The van der Waals surface area contributed by atoms with Crippen molar-refractivity contribution in [3.63, 3.8) is 0 Å². The molecule has 0 radical (unpaired) electrons. The van der Waals surface area contributed by atoms with Crippen molar-refractivity contribution in [2.45, 2.75) is 46.2 Å². The third-order valence-electron chi connectivity index (χ3n) is 4.89. The predicted molar refractivity (Wildman–Crippen MR) is 88.8 cm³/mol. The molecule has 0 spiro atoms. The first-order valence-electron chi connectivity index (χ1n) is 7.61. The van der Waals surface area contributed by atoms with E-state index in [1.807, 2.05) is 6.08 Å². The predicted octanol–water partition coefficient (Wildman–Crippen LogP) is 4.09. The monoisotopic (exact) mass is 286 g/mol. The zero-order valence-corrected chi connectivity index (χ0v) is 14.1.